The fourth-order valence-corrected chi connectivity index (χ4v) is 2.34. The lowest BCUT2D eigenvalue weighted by molar-refractivity contribution is -0.119. The molecule has 0 radical (unpaired) electrons. The van der Waals surface area contributed by atoms with Crippen molar-refractivity contribution >= 4 is 11.6 Å². The van der Waals surface area contributed by atoms with Crippen molar-refractivity contribution in [3.05, 3.63) is 54.1 Å². The Labute approximate surface area is 143 Å². The van der Waals surface area contributed by atoms with E-state index in [-0.39, 0.29) is 5.91 Å². The molecule has 0 unspecified atom stereocenters. The van der Waals surface area contributed by atoms with Crippen LogP contribution in [0.1, 0.15) is 12.5 Å². The van der Waals surface area contributed by atoms with Crippen molar-refractivity contribution in [2.45, 2.75) is 13.5 Å². The highest BCUT2D eigenvalue weighted by Crippen LogP contribution is 2.27. The summed E-state index contributed by atoms with van der Waals surface area (Å²) in [6, 6.07) is 15.5. The number of carbonyl (C=O) groups is 1. The van der Waals surface area contributed by atoms with Crippen LogP contribution in [0, 0.1) is 0 Å². The molecule has 0 heterocycles. The third-order valence-electron chi connectivity index (χ3n) is 3.60. The Morgan fingerprint density at radius 3 is 2.54 bits per heavy atom. The van der Waals surface area contributed by atoms with Gasteiger partial charge in [0.2, 0.25) is 5.91 Å². The molecular weight excluding hydrogens is 304 g/mol. The molecule has 0 saturated carbocycles. The number of likely N-dealkylation sites (N-methyl/N-ethyl adjacent to an activating group) is 1. The van der Waals surface area contributed by atoms with E-state index in [4.69, 9.17) is 9.47 Å². The highest BCUT2D eigenvalue weighted by atomic mass is 16.5. The van der Waals surface area contributed by atoms with E-state index < -0.39 is 0 Å². The first-order chi connectivity index (χ1) is 11.6. The van der Waals surface area contributed by atoms with Gasteiger partial charge in [-0.3, -0.25) is 4.79 Å². The maximum Gasteiger partial charge on any atom is 0.239 e. The minimum Gasteiger partial charge on any atom is -0.493 e. The van der Waals surface area contributed by atoms with Crippen LogP contribution in [0.4, 0.5) is 5.69 Å². The highest BCUT2D eigenvalue weighted by Gasteiger charge is 2.09. The molecule has 2 aromatic rings. The van der Waals surface area contributed by atoms with Crippen molar-refractivity contribution in [1.82, 2.24) is 5.32 Å². The number of para-hydroxylation sites is 1. The molecule has 24 heavy (non-hydrogen) atoms. The van der Waals surface area contributed by atoms with Crippen LogP contribution in [0.3, 0.4) is 0 Å². The van der Waals surface area contributed by atoms with Crippen LogP contribution in [0.2, 0.25) is 0 Å². The quantitative estimate of drug-likeness (QED) is 0.809. The molecule has 5 heteroatoms. The molecule has 0 atom stereocenters. The van der Waals surface area contributed by atoms with Gasteiger partial charge in [-0.1, -0.05) is 24.3 Å². The third kappa shape index (κ3) is 4.91. The minimum absolute atomic E-state index is 0.0331. The van der Waals surface area contributed by atoms with Gasteiger partial charge in [-0.05, 0) is 36.8 Å². The van der Waals surface area contributed by atoms with E-state index in [2.05, 4.69) is 5.32 Å². The van der Waals surface area contributed by atoms with Gasteiger partial charge in [0.1, 0.15) is 0 Å². The average molecular weight is 328 g/mol. The number of hydrogen-bond donors (Lipinski definition) is 1. The van der Waals surface area contributed by atoms with E-state index in [1.165, 1.54) is 0 Å². The number of anilines is 1. The Bertz CT molecular complexity index is 659. The smallest absolute Gasteiger partial charge is 0.239 e. The molecule has 0 aliphatic carbocycles. The lowest BCUT2D eigenvalue weighted by Crippen LogP contribution is -2.34. The lowest BCUT2D eigenvalue weighted by Gasteiger charge is -2.18. The van der Waals surface area contributed by atoms with Crippen molar-refractivity contribution < 1.29 is 14.3 Å². The van der Waals surface area contributed by atoms with Crippen LogP contribution in [0.5, 0.6) is 11.5 Å². The number of benzene rings is 2. The van der Waals surface area contributed by atoms with Gasteiger partial charge < -0.3 is 19.7 Å². The molecule has 128 valence electrons. The van der Waals surface area contributed by atoms with Crippen molar-refractivity contribution in [2.24, 2.45) is 0 Å². The molecule has 0 aliphatic heterocycles. The molecule has 0 fully saturated rings. The number of rotatable bonds is 8. The van der Waals surface area contributed by atoms with Gasteiger partial charge in [0.15, 0.2) is 11.5 Å². The fraction of sp³-hybridized carbons (Fsp3) is 0.316. The molecule has 2 rings (SSSR count). The molecule has 0 aliphatic rings. The van der Waals surface area contributed by atoms with Crippen molar-refractivity contribution in [1.29, 1.82) is 0 Å². The van der Waals surface area contributed by atoms with Gasteiger partial charge in [-0.25, -0.2) is 0 Å². The minimum atomic E-state index is -0.0331. The Hall–Kier alpha value is -2.69. The number of amides is 1. The van der Waals surface area contributed by atoms with Crippen LogP contribution in [0.15, 0.2) is 48.5 Å². The zero-order valence-corrected chi connectivity index (χ0v) is 14.4. The van der Waals surface area contributed by atoms with Crippen LogP contribution in [0.25, 0.3) is 0 Å². The molecule has 0 aromatic heterocycles. The van der Waals surface area contributed by atoms with E-state index >= 15 is 0 Å². The molecular formula is C19H24N2O3. The monoisotopic (exact) mass is 328 g/mol. The van der Waals surface area contributed by atoms with E-state index in [1.54, 1.807) is 7.11 Å². The second kappa shape index (κ2) is 8.82. The van der Waals surface area contributed by atoms with Crippen molar-refractivity contribution in [3.8, 4) is 11.5 Å². The summed E-state index contributed by atoms with van der Waals surface area (Å²) in [6.07, 6.45) is 0. The van der Waals surface area contributed by atoms with Gasteiger partial charge in [0.05, 0.1) is 20.3 Å². The van der Waals surface area contributed by atoms with Crippen LogP contribution >= 0.6 is 0 Å². The van der Waals surface area contributed by atoms with Crippen LogP contribution in [-0.4, -0.2) is 33.2 Å². The summed E-state index contributed by atoms with van der Waals surface area (Å²) in [7, 11) is 3.50. The molecule has 0 spiro atoms. The van der Waals surface area contributed by atoms with Gasteiger partial charge in [-0.15, -0.1) is 0 Å². The largest absolute Gasteiger partial charge is 0.493 e. The Balaban J connectivity index is 1.89. The Morgan fingerprint density at radius 2 is 1.88 bits per heavy atom. The first kappa shape index (κ1) is 17.7. The summed E-state index contributed by atoms with van der Waals surface area (Å²) in [6.45, 7) is 3.26. The van der Waals surface area contributed by atoms with Crippen molar-refractivity contribution in [3.63, 3.8) is 0 Å². The topological polar surface area (TPSA) is 50.8 Å². The number of hydrogen-bond acceptors (Lipinski definition) is 4. The lowest BCUT2D eigenvalue weighted by atomic mass is 10.2. The first-order valence-corrected chi connectivity index (χ1v) is 7.96. The van der Waals surface area contributed by atoms with E-state index in [1.807, 2.05) is 67.4 Å². The van der Waals surface area contributed by atoms with Gasteiger partial charge in [0, 0.05) is 19.3 Å². The highest BCUT2D eigenvalue weighted by molar-refractivity contribution is 5.81. The number of nitrogens with one attached hydrogen (secondary N) is 1. The zero-order valence-electron chi connectivity index (χ0n) is 14.4. The van der Waals surface area contributed by atoms with Gasteiger partial charge in [-0.2, -0.15) is 0 Å². The summed E-state index contributed by atoms with van der Waals surface area (Å²) in [5.74, 6) is 1.35. The predicted octanol–water partition coefficient (Wildman–Crippen LogP) is 2.85. The number of carbonyl (C=O) groups excluding carboxylic acids is 1. The molecule has 1 N–H and O–H groups in total. The van der Waals surface area contributed by atoms with Gasteiger partial charge >= 0.3 is 0 Å². The standard InChI is InChI=1S/C19H24N2O3/c1-4-24-17-11-10-15(12-18(17)23-3)13-20-19(22)14-21(2)16-8-6-5-7-9-16/h5-12H,4,13-14H2,1-3H3,(H,20,22). The Kier molecular flexibility index (Phi) is 6.49. The maximum absolute atomic E-state index is 12.1. The number of ether oxygens (including phenoxy) is 2. The van der Waals surface area contributed by atoms with Gasteiger partial charge in [0.25, 0.3) is 0 Å². The normalized spacial score (nSPS) is 10.1. The average Bonchev–Trinajstić information content (AvgIpc) is 2.61. The van der Waals surface area contributed by atoms with E-state index in [9.17, 15) is 4.79 Å². The molecule has 2 aromatic carbocycles. The number of methoxy groups -OCH3 is 1. The zero-order chi connectivity index (χ0) is 17.4. The molecule has 5 nitrogen and oxygen atoms in total. The van der Waals surface area contributed by atoms with Crippen LogP contribution in [-0.2, 0) is 11.3 Å². The summed E-state index contributed by atoms with van der Waals surface area (Å²) >= 11 is 0. The molecule has 0 saturated heterocycles. The first-order valence-electron chi connectivity index (χ1n) is 7.96. The Morgan fingerprint density at radius 1 is 1.12 bits per heavy atom. The molecule has 0 bridgehead atoms. The second-order valence-corrected chi connectivity index (χ2v) is 5.39. The third-order valence-corrected chi connectivity index (χ3v) is 3.60. The van der Waals surface area contributed by atoms with E-state index in [0.717, 1.165) is 11.3 Å². The predicted molar refractivity (Wildman–Crippen MR) is 95.7 cm³/mol. The second-order valence-electron chi connectivity index (χ2n) is 5.39. The summed E-state index contributed by atoms with van der Waals surface area (Å²) in [5.41, 5.74) is 1.97. The fourth-order valence-electron chi connectivity index (χ4n) is 2.34. The maximum atomic E-state index is 12.1. The summed E-state index contributed by atoms with van der Waals surface area (Å²) in [4.78, 5) is 14.0. The SMILES string of the molecule is CCOc1ccc(CNC(=O)CN(C)c2ccccc2)cc1OC. The number of nitrogens with zero attached hydrogens (tertiary/aromatic N) is 1. The van der Waals surface area contributed by atoms with Crippen LogP contribution < -0.4 is 19.7 Å². The molecule has 1 amide bonds. The summed E-state index contributed by atoms with van der Waals surface area (Å²) < 4.78 is 10.8. The summed E-state index contributed by atoms with van der Waals surface area (Å²) in [5, 5.41) is 2.93. The van der Waals surface area contributed by atoms with E-state index in [0.29, 0.717) is 31.2 Å². The van der Waals surface area contributed by atoms with Crippen molar-refractivity contribution in [2.75, 3.05) is 32.2 Å².